The molecule has 1 saturated carbocycles. The molecule has 0 aromatic carbocycles. The van der Waals surface area contributed by atoms with Crippen LogP contribution in [-0.2, 0) is 4.74 Å². The van der Waals surface area contributed by atoms with Crippen molar-refractivity contribution in [2.24, 2.45) is 17.6 Å². The highest BCUT2D eigenvalue weighted by molar-refractivity contribution is 4.75. The van der Waals surface area contributed by atoms with Gasteiger partial charge in [-0.15, -0.1) is 0 Å². The minimum atomic E-state index is -2.86. The monoisotopic (exact) mass is 207 g/mol. The molecule has 0 spiro atoms. The van der Waals surface area contributed by atoms with Gasteiger partial charge in [-0.05, 0) is 11.8 Å². The first-order valence-electron chi connectivity index (χ1n) is 5.21. The quantitative estimate of drug-likeness (QED) is 0.723. The summed E-state index contributed by atoms with van der Waals surface area (Å²) in [5.41, 5.74) is 4.89. The summed E-state index contributed by atoms with van der Waals surface area (Å²) in [5, 5.41) is 0. The largest absolute Gasteiger partial charge is 0.375 e. The van der Waals surface area contributed by atoms with Crippen LogP contribution >= 0.6 is 0 Å². The standard InChI is InChI=1S/C10H19F2NO/c1-8(9-3-2-4-9)5-14-7-10(11,12)6-13/h8-9H,2-7,13H2,1H3. The highest BCUT2D eigenvalue weighted by atomic mass is 19.3. The lowest BCUT2D eigenvalue weighted by Gasteiger charge is -2.31. The van der Waals surface area contributed by atoms with E-state index in [1.165, 1.54) is 19.3 Å². The molecule has 2 nitrogen and oxygen atoms in total. The third kappa shape index (κ3) is 3.50. The molecular formula is C10H19F2NO. The van der Waals surface area contributed by atoms with Crippen molar-refractivity contribution in [1.82, 2.24) is 0 Å². The average molecular weight is 207 g/mol. The third-order valence-corrected chi connectivity index (χ3v) is 2.95. The molecule has 0 saturated heterocycles. The number of rotatable bonds is 6. The van der Waals surface area contributed by atoms with Gasteiger partial charge in [0.15, 0.2) is 0 Å². The highest BCUT2D eigenvalue weighted by Crippen LogP contribution is 2.33. The van der Waals surface area contributed by atoms with Crippen LogP contribution in [0.25, 0.3) is 0 Å². The highest BCUT2D eigenvalue weighted by Gasteiger charge is 2.28. The van der Waals surface area contributed by atoms with Gasteiger partial charge < -0.3 is 10.5 Å². The van der Waals surface area contributed by atoms with Gasteiger partial charge in [0.05, 0.1) is 6.54 Å². The fourth-order valence-electron chi connectivity index (χ4n) is 1.60. The molecule has 2 N–H and O–H groups in total. The average Bonchev–Trinajstić information content (AvgIpc) is 2.01. The summed E-state index contributed by atoms with van der Waals surface area (Å²) in [6.45, 7) is 1.32. The van der Waals surface area contributed by atoms with Gasteiger partial charge in [-0.1, -0.05) is 26.2 Å². The molecule has 0 bridgehead atoms. The van der Waals surface area contributed by atoms with E-state index < -0.39 is 19.1 Å². The van der Waals surface area contributed by atoms with Gasteiger partial charge in [0, 0.05) is 6.61 Å². The Bertz CT molecular complexity index is 172. The summed E-state index contributed by atoms with van der Waals surface area (Å²) in [6, 6.07) is 0. The SMILES string of the molecule is CC(COCC(F)(F)CN)C1CCC1. The normalized spacial score (nSPS) is 20.6. The first kappa shape index (κ1) is 11.9. The van der Waals surface area contributed by atoms with Crippen molar-refractivity contribution in [2.45, 2.75) is 32.1 Å². The van der Waals surface area contributed by atoms with Gasteiger partial charge in [0.25, 0.3) is 5.92 Å². The van der Waals surface area contributed by atoms with Crippen LogP contribution < -0.4 is 5.73 Å². The van der Waals surface area contributed by atoms with E-state index in [0.717, 1.165) is 0 Å². The van der Waals surface area contributed by atoms with E-state index in [2.05, 4.69) is 6.92 Å². The summed E-state index contributed by atoms with van der Waals surface area (Å²) < 4.78 is 30.3. The second-order valence-electron chi connectivity index (χ2n) is 4.24. The molecule has 1 aliphatic rings. The Kier molecular flexibility index (Phi) is 4.26. The second kappa shape index (κ2) is 5.03. The van der Waals surface area contributed by atoms with Crippen molar-refractivity contribution in [1.29, 1.82) is 0 Å². The Labute approximate surface area is 83.8 Å². The molecule has 0 aromatic rings. The van der Waals surface area contributed by atoms with Crippen molar-refractivity contribution < 1.29 is 13.5 Å². The van der Waals surface area contributed by atoms with Gasteiger partial charge >= 0.3 is 0 Å². The van der Waals surface area contributed by atoms with Gasteiger partial charge in [0.2, 0.25) is 0 Å². The molecule has 0 aliphatic heterocycles. The molecule has 0 heterocycles. The topological polar surface area (TPSA) is 35.2 Å². The van der Waals surface area contributed by atoms with Gasteiger partial charge in [-0.25, -0.2) is 8.78 Å². The van der Waals surface area contributed by atoms with E-state index in [0.29, 0.717) is 18.4 Å². The minimum Gasteiger partial charge on any atom is -0.375 e. The lowest BCUT2D eigenvalue weighted by molar-refractivity contribution is -0.0801. The van der Waals surface area contributed by atoms with Crippen LogP contribution in [0.2, 0.25) is 0 Å². The Morgan fingerprint density at radius 3 is 2.57 bits per heavy atom. The molecule has 0 amide bonds. The van der Waals surface area contributed by atoms with Crippen molar-refractivity contribution in [3.63, 3.8) is 0 Å². The van der Waals surface area contributed by atoms with Crippen LogP contribution in [0.4, 0.5) is 8.78 Å². The number of halogens is 2. The van der Waals surface area contributed by atoms with Crippen LogP contribution in [0.1, 0.15) is 26.2 Å². The predicted molar refractivity (Wildman–Crippen MR) is 51.3 cm³/mol. The molecule has 4 heteroatoms. The summed E-state index contributed by atoms with van der Waals surface area (Å²) >= 11 is 0. The minimum absolute atomic E-state index is 0.400. The molecule has 1 rings (SSSR count). The van der Waals surface area contributed by atoms with Gasteiger partial charge in [-0.3, -0.25) is 0 Å². The van der Waals surface area contributed by atoms with Crippen molar-refractivity contribution in [3.05, 3.63) is 0 Å². The van der Waals surface area contributed by atoms with Crippen molar-refractivity contribution in [3.8, 4) is 0 Å². The summed E-state index contributed by atoms with van der Waals surface area (Å²) in [6.07, 6.45) is 3.71. The zero-order valence-electron chi connectivity index (χ0n) is 8.64. The maximum absolute atomic E-state index is 12.7. The molecule has 1 fully saturated rings. The van der Waals surface area contributed by atoms with Crippen LogP contribution in [0.3, 0.4) is 0 Å². The van der Waals surface area contributed by atoms with Crippen LogP contribution in [0, 0.1) is 11.8 Å². The zero-order chi connectivity index (χ0) is 10.6. The van der Waals surface area contributed by atoms with Crippen LogP contribution in [0.15, 0.2) is 0 Å². The Morgan fingerprint density at radius 2 is 2.14 bits per heavy atom. The summed E-state index contributed by atoms with van der Waals surface area (Å²) in [4.78, 5) is 0. The molecule has 1 aliphatic carbocycles. The maximum atomic E-state index is 12.7. The lowest BCUT2D eigenvalue weighted by Crippen LogP contribution is -2.34. The maximum Gasteiger partial charge on any atom is 0.282 e. The number of alkyl halides is 2. The predicted octanol–water partition coefficient (Wildman–Crippen LogP) is 2.03. The Balaban J connectivity index is 2.08. The van der Waals surface area contributed by atoms with Crippen LogP contribution in [0.5, 0.6) is 0 Å². The molecule has 84 valence electrons. The van der Waals surface area contributed by atoms with Crippen molar-refractivity contribution >= 4 is 0 Å². The molecule has 0 radical (unpaired) electrons. The number of ether oxygens (including phenoxy) is 1. The molecular weight excluding hydrogens is 188 g/mol. The Hall–Kier alpha value is -0.220. The molecule has 0 aromatic heterocycles. The third-order valence-electron chi connectivity index (χ3n) is 2.95. The fraction of sp³-hybridized carbons (Fsp3) is 1.00. The van der Waals surface area contributed by atoms with E-state index in [1.807, 2.05) is 0 Å². The molecule has 1 unspecified atom stereocenters. The zero-order valence-corrected chi connectivity index (χ0v) is 8.64. The van der Waals surface area contributed by atoms with Crippen LogP contribution in [-0.4, -0.2) is 25.7 Å². The lowest BCUT2D eigenvalue weighted by atomic mass is 9.77. The molecule has 14 heavy (non-hydrogen) atoms. The number of hydrogen-bond acceptors (Lipinski definition) is 2. The smallest absolute Gasteiger partial charge is 0.282 e. The van der Waals surface area contributed by atoms with Gasteiger partial charge in [-0.2, -0.15) is 0 Å². The summed E-state index contributed by atoms with van der Waals surface area (Å²) in [7, 11) is 0. The van der Waals surface area contributed by atoms with E-state index >= 15 is 0 Å². The molecule has 1 atom stereocenters. The van der Waals surface area contributed by atoms with Gasteiger partial charge in [0.1, 0.15) is 6.61 Å². The first-order valence-corrected chi connectivity index (χ1v) is 5.21. The second-order valence-corrected chi connectivity index (χ2v) is 4.24. The van der Waals surface area contributed by atoms with E-state index in [1.54, 1.807) is 0 Å². The van der Waals surface area contributed by atoms with E-state index in [-0.39, 0.29) is 0 Å². The van der Waals surface area contributed by atoms with Crippen molar-refractivity contribution in [2.75, 3.05) is 19.8 Å². The number of hydrogen-bond donors (Lipinski definition) is 1. The van der Waals surface area contributed by atoms with E-state index in [4.69, 9.17) is 10.5 Å². The first-order chi connectivity index (χ1) is 6.55. The Morgan fingerprint density at radius 1 is 1.50 bits per heavy atom. The summed E-state index contributed by atoms with van der Waals surface area (Å²) in [5.74, 6) is -1.78. The van der Waals surface area contributed by atoms with E-state index in [9.17, 15) is 8.78 Å². The fourth-order valence-corrected chi connectivity index (χ4v) is 1.60. The number of nitrogens with two attached hydrogens (primary N) is 1.